The summed E-state index contributed by atoms with van der Waals surface area (Å²) in [4.78, 5) is 7.68. The van der Waals surface area contributed by atoms with Crippen molar-refractivity contribution in [1.29, 1.82) is 0 Å². The first-order valence-electron chi connectivity index (χ1n) is 4.76. The zero-order valence-electron chi connectivity index (χ0n) is 8.70. The minimum atomic E-state index is -0.495. The SMILES string of the molecule is CNc1ncc(F)c(NCc2ccco2)n1. The molecular formula is C10H11FN4O. The fraction of sp³-hybridized carbons (Fsp3) is 0.200. The van der Waals surface area contributed by atoms with E-state index in [0.29, 0.717) is 18.3 Å². The van der Waals surface area contributed by atoms with Crippen molar-refractivity contribution in [3.8, 4) is 0 Å². The van der Waals surface area contributed by atoms with Crippen molar-refractivity contribution >= 4 is 11.8 Å². The van der Waals surface area contributed by atoms with Gasteiger partial charge in [-0.2, -0.15) is 4.98 Å². The summed E-state index contributed by atoms with van der Waals surface area (Å²) in [5.74, 6) is 0.730. The van der Waals surface area contributed by atoms with Crippen molar-refractivity contribution in [3.05, 3.63) is 36.2 Å². The average Bonchev–Trinajstić information content (AvgIpc) is 2.81. The molecule has 0 aliphatic rings. The fourth-order valence-corrected chi connectivity index (χ4v) is 1.20. The molecule has 0 saturated carbocycles. The van der Waals surface area contributed by atoms with Crippen LogP contribution in [0.1, 0.15) is 5.76 Å². The summed E-state index contributed by atoms with van der Waals surface area (Å²) < 4.78 is 18.4. The Morgan fingerprint density at radius 1 is 1.50 bits per heavy atom. The second-order valence-electron chi connectivity index (χ2n) is 3.07. The Balaban J connectivity index is 2.08. The second kappa shape index (κ2) is 4.61. The van der Waals surface area contributed by atoms with E-state index in [-0.39, 0.29) is 5.82 Å². The van der Waals surface area contributed by atoms with Gasteiger partial charge in [-0.05, 0) is 12.1 Å². The van der Waals surface area contributed by atoms with E-state index >= 15 is 0 Å². The first kappa shape index (κ1) is 10.4. The molecule has 0 fully saturated rings. The molecule has 16 heavy (non-hydrogen) atoms. The van der Waals surface area contributed by atoms with Gasteiger partial charge in [-0.15, -0.1) is 0 Å². The molecule has 0 aliphatic heterocycles. The molecule has 0 radical (unpaired) electrons. The van der Waals surface area contributed by atoms with Crippen molar-refractivity contribution in [2.24, 2.45) is 0 Å². The number of nitrogens with zero attached hydrogens (tertiary/aromatic N) is 2. The number of furan rings is 1. The molecule has 6 heteroatoms. The highest BCUT2D eigenvalue weighted by Gasteiger charge is 2.06. The number of hydrogen-bond donors (Lipinski definition) is 2. The van der Waals surface area contributed by atoms with Gasteiger partial charge in [0.2, 0.25) is 5.95 Å². The van der Waals surface area contributed by atoms with Gasteiger partial charge in [0.25, 0.3) is 0 Å². The average molecular weight is 222 g/mol. The Morgan fingerprint density at radius 3 is 3.06 bits per heavy atom. The van der Waals surface area contributed by atoms with Crippen molar-refractivity contribution in [2.75, 3.05) is 17.7 Å². The number of rotatable bonds is 4. The minimum absolute atomic E-state index is 0.149. The highest BCUT2D eigenvalue weighted by atomic mass is 19.1. The first-order chi connectivity index (χ1) is 7.79. The van der Waals surface area contributed by atoms with Crippen LogP contribution in [0, 0.1) is 5.82 Å². The zero-order chi connectivity index (χ0) is 11.4. The van der Waals surface area contributed by atoms with Gasteiger partial charge in [0.15, 0.2) is 11.6 Å². The Kier molecular flexibility index (Phi) is 3.00. The standard InChI is InChI=1S/C10H11FN4O/c1-12-10-14-6-8(11)9(15-10)13-5-7-3-2-4-16-7/h2-4,6H,5H2,1H3,(H2,12,13,14,15). The molecule has 2 aromatic rings. The summed E-state index contributed by atoms with van der Waals surface area (Å²) in [6.45, 7) is 0.379. The summed E-state index contributed by atoms with van der Waals surface area (Å²) in [5, 5.41) is 5.57. The lowest BCUT2D eigenvalue weighted by molar-refractivity contribution is 0.516. The molecule has 0 saturated heterocycles. The largest absolute Gasteiger partial charge is 0.467 e. The van der Waals surface area contributed by atoms with Crippen molar-refractivity contribution < 1.29 is 8.81 Å². The van der Waals surface area contributed by atoms with Crippen LogP contribution in [0.15, 0.2) is 29.0 Å². The third-order valence-electron chi connectivity index (χ3n) is 1.98. The van der Waals surface area contributed by atoms with E-state index < -0.39 is 5.82 Å². The number of anilines is 2. The van der Waals surface area contributed by atoms with Gasteiger partial charge < -0.3 is 15.1 Å². The van der Waals surface area contributed by atoms with E-state index in [4.69, 9.17) is 4.42 Å². The van der Waals surface area contributed by atoms with Crippen LogP contribution in [0.2, 0.25) is 0 Å². The van der Waals surface area contributed by atoms with Gasteiger partial charge in [-0.3, -0.25) is 0 Å². The maximum absolute atomic E-state index is 13.3. The summed E-state index contributed by atoms with van der Waals surface area (Å²) >= 11 is 0. The predicted octanol–water partition coefficient (Wildman–Crippen LogP) is 1.86. The third-order valence-corrected chi connectivity index (χ3v) is 1.98. The Labute approximate surface area is 91.7 Å². The Hall–Kier alpha value is -2.11. The Morgan fingerprint density at radius 2 is 2.38 bits per heavy atom. The first-order valence-corrected chi connectivity index (χ1v) is 4.76. The smallest absolute Gasteiger partial charge is 0.224 e. The third kappa shape index (κ3) is 2.28. The maximum atomic E-state index is 13.3. The monoisotopic (exact) mass is 222 g/mol. The van der Waals surface area contributed by atoms with Crippen LogP contribution in [0.4, 0.5) is 16.2 Å². The second-order valence-corrected chi connectivity index (χ2v) is 3.07. The normalized spacial score (nSPS) is 10.1. The molecule has 0 amide bonds. The lowest BCUT2D eigenvalue weighted by Gasteiger charge is -2.06. The summed E-state index contributed by atoms with van der Waals surface area (Å²) in [7, 11) is 1.67. The quantitative estimate of drug-likeness (QED) is 0.826. The number of aromatic nitrogens is 2. The van der Waals surface area contributed by atoms with Crippen molar-refractivity contribution in [1.82, 2.24) is 9.97 Å². The van der Waals surface area contributed by atoms with Crippen LogP contribution < -0.4 is 10.6 Å². The molecule has 84 valence electrons. The maximum Gasteiger partial charge on any atom is 0.224 e. The summed E-state index contributed by atoms with van der Waals surface area (Å²) in [6.07, 6.45) is 2.68. The highest BCUT2D eigenvalue weighted by Crippen LogP contribution is 2.13. The van der Waals surface area contributed by atoms with Crippen LogP contribution in [0.25, 0.3) is 0 Å². The van der Waals surface area contributed by atoms with Crippen molar-refractivity contribution in [3.63, 3.8) is 0 Å². The van der Waals surface area contributed by atoms with E-state index in [9.17, 15) is 4.39 Å². The van der Waals surface area contributed by atoms with Crippen LogP contribution in [0.5, 0.6) is 0 Å². The zero-order valence-corrected chi connectivity index (χ0v) is 8.70. The molecular weight excluding hydrogens is 211 g/mol. The van der Waals surface area contributed by atoms with Crippen LogP contribution in [-0.2, 0) is 6.54 Å². The molecule has 0 aliphatic carbocycles. The molecule has 2 N–H and O–H groups in total. The van der Waals surface area contributed by atoms with Crippen molar-refractivity contribution in [2.45, 2.75) is 6.54 Å². The molecule has 5 nitrogen and oxygen atoms in total. The van der Waals surface area contributed by atoms with Crippen LogP contribution in [0.3, 0.4) is 0 Å². The van der Waals surface area contributed by atoms with Gasteiger partial charge in [-0.1, -0.05) is 0 Å². The van der Waals surface area contributed by atoms with Crippen LogP contribution >= 0.6 is 0 Å². The molecule has 2 aromatic heterocycles. The van der Waals surface area contributed by atoms with Gasteiger partial charge >= 0.3 is 0 Å². The molecule has 0 aromatic carbocycles. The summed E-state index contributed by atoms with van der Waals surface area (Å²) in [6, 6.07) is 3.57. The van der Waals surface area contributed by atoms with E-state index in [1.165, 1.54) is 0 Å². The van der Waals surface area contributed by atoms with Gasteiger partial charge in [-0.25, -0.2) is 9.37 Å². The predicted molar refractivity (Wildman–Crippen MR) is 57.6 cm³/mol. The molecule has 0 atom stereocenters. The van der Waals surface area contributed by atoms with E-state index in [0.717, 1.165) is 6.20 Å². The molecule has 2 heterocycles. The lowest BCUT2D eigenvalue weighted by Crippen LogP contribution is -2.06. The fourth-order valence-electron chi connectivity index (χ4n) is 1.20. The number of hydrogen-bond acceptors (Lipinski definition) is 5. The molecule has 0 unspecified atom stereocenters. The van der Waals surface area contributed by atoms with E-state index in [1.54, 1.807) is 25.4 Å². The van der Waals surface area contributed by atoms with Gasteiger partial charge in [0.1, 0.15) is 5.76 Å². The van der Waals surface area contributed by atoms with Gasteiger partial charge in [0, 0.05) is 7.05 Å². The van der Waals surface area contributed by atoms with Crippen LogP contribution in [-0.4, -0.2) is 17.0 Å². The van der Waals surface area contributed by atoms with Gasteiger partial charge in [0.05, 0.1) is 19.0 Å². The minimum Gasteiger partial charge on any atom is -0.467 e. The summed E-state index contributed by atoms with van der Waals surface area (Å²) in [5.41, 5.74) is 0. The van der Waals surface area contributed by atoms with E-state index in [2.05, 4.69) is 20.6 Å². The Bertz CT molecular complexity index is 458. The number of halogens is 1. The number of nitrogens with one attached hydrogen (secondary N) is 2. The molecule has 0 bridgehead atoms. The van der Waals surface area contributed by atoms with E-state index in [1.807, 2.05) is 0 Å². The topological polar surface area (TPSA) is 63.0 Å². The molecule has 0 spiro atoms. The molecule has 2 rings (SSSR count). The highest BCUT2D eigenvalue weighted by molar-refractivity contribution is 5.40. The lowest BCUT2D eigenvalue weighted by atomic mass is 10.4.